The van der Waals surface area contributed by atoms with E-state index < -0.39 is 0 Å². The van der Waals surface area contributed by atoms with Crippen LogP contribution in [-0.2, 0) is 4.74 Å². The van der Waals surface area contributed by atoms with Crippen molar-refractivity contribution in [2.45, 2.75) is 12.5 Å². The van der Waals surface area contributed by atoms with Crippen molar-refractivity contribution >= 4 is 0 Å². The van der Waals surface area contributed by atoms with Gasteiger partial charge in [-0.2, -0.15) is 10.5 Å². The van der Waals surface area contributed by atoms with Crippen molar-refractivity contribution in [1.29, 1.82) is 10.5 Å². The largest absolute Gasteiger partial charge is 0.361 e. The number of nitriles is 2. The fourth-order valence-corrected chi connectivity index (χ4v) is 1.19. The molecule has 4 nitrogen and oxygen atoms in total. The molecule has 0 amide bonds. The Morgan fingerprint density at radius 3 is 3.00 bits per heavy atom. The lowest BCUT2D eigenvalue weighted by Gasteiger charge is -2.28. The van der Waals surface area contributed by atoms with E-state index in [9.17, 15) is 0 Å². The summed E-state index contributed by atoms with van der Waals surface area (Å²) in [5, 5.41) is 16.9. The second-order valence-electron chi connectivity index (χ2n) is 2.70. The van der Waals surface area contributed by atoms with Crippen LogP contribution in [0.2, 0.25) is 0 Å². The standard InChI is InChI=1S/C8H11N3O/c9-2-1-3-11-4-5-12-8(6-10)7-11/h8H,1,3-5,7H2. The highest BCUT2D eigenvalue weighted by Crippen LogP contribution is 2.03. The van der Waals surface area contributed by atoms with Crippen LogP contribution in [0.15, 0.2) is 0 Å². The first-order valence-electron chi connectivity index (χ1n) is 3.97. The van der Waals surface area contributed by atoms with Gasteiger partial charge in [-0.3, -0.25) is 4.90 Å². The minimum atomic E-state index is -0.308. The molecule has 1 saturated heterocycles. The molecule has 64 valence electrons. The summed E-state index contributed by atoms with van der Waals surface area (Å²) < 4.78 is 5.15. The molecule has 1 atom stereocenters. The van der Waals surface area contributed by atoms with Crippen LogP contribution >= 0.6 is 0 Å². The lowest BCUT2D eigenvalue weighted by Crippen LogP contribution is -2.42. The van der Waals surface area contributed by atoms with Gasteiger partial charge in [-0.1, -0.05) is 0 Å². The maximum Gasteiger partial charge on any atom is 0.156 e. The zero-order valence-corrected chi connectivity index (χ0v) is 6.86. The number of ether oxygens (including phenoxy) is 1. The molecule has 4 heteroatoms. The molecule has 1 heterocycles. The smallest absolute Gasteiger partial charge is 0.156 e. The fourth-order valence-electron chi connectivity index (χ4n) is 1.19. The number of rotatable bonds is 2. The first kappa shape index (κ1) is 8.99. The van der Waals surface area contributed by atoms with Gasteiger partial charge >= 0.3 is 0 Å². The molecule has 1 fully saturated rings. The molecule has 12 heavy (non-hydrogen) atoms. The van der Waals surface area contributed by atoms with Crippen LogP contribution in [0, 0.1) is 22.7 Å². The number of morpholine rings is 1. The highest BCUT2D eigenvalue weighted by molar-refractivity contribution is 4.89. The third kappa shape index (κ3) is 2.50. The number of nitrogens with zero attached hydrogens (tertiary/aromatic N) is 3. The number of hydrogen-bond donors (Lipinski definition) is 0. The third-order valence-electron chi connectivity index (χ3n) is 1.83. The van der Waals surface area contributed by atoms with E-state index in [0.717, 1.165) is 13.1 Å². The maximum atomic E-state index is 8.57. The van der Waals surface area contributed by atoms with Gasteiger partial charge in [-0.15, -0.1) is 0 Å². The van der Waals surface area contributed by atoms with E-state index in [4.69, 9.17) is 15.3 Å². The summed E-state index contributed by atoms with van der Waals surface area (Å²) in [4.78, 5) is 2.08. The summed E-state index contributed by atoms with van der Waals surface area (Å²) in [6.45, 7) is 2.82. The van der Waals surface area contributed by atoms with Gasteiger partial charge in [0, 0.05) is 26.1 Å². The van der Waals surface area contributed by atoms with Gasteiger partial charge in [-0.25, -0.2) is 0 Å². The van der Waals surface area contributed by atoms with Gasteiger partial charge in [0.1, 0.15) is 0 Å². The summed E-state index contributed by atoms with van der Waals surface area (Å²) in [6, 6.07) is 4.15. The zero-order valence-electron chi connectivity index (χ0n) is 6.86. The van der Waals surface area contributed by atoms with Gasteiger partial charge in [0.05, 0.1) is 18.7 Å². The second kappa shape index (κ2) is 4.71. The highest BCUT2D eigenvalue weighted by Gasteiger charge is 2.18. The molecule has 0 aliphatic carbocycles. The normalized spacial score (nSPS) is 24.3. The van der Waals surface area contributed by atoms with Gasteiger partial charge in [0.2, 0.25) is 0 Å². The summed E-state index contributed by atoms with van der Waals surface area (Å²) >= 11 is 0. The minimum Gasteiger partial charge on any atom is -0.361 e. The van der Waals surface area contributed by atoms with Crippen LogP contribution in [0.4, 0.5) is 0 Å². The average molecular weight is 165 g/mol. The second-order valence-corrected chi connectivity index (χ2v) is 2.70. The van der Waals surface area contributed by atoms with E-state index in [1.54, 1.807) is 0 Å². The summed E-state index contributed by atoms with van der Waals surface area (Å²) in [6.07, 6.45) is 0.218. The Bertz CT molecular complexity index is 215. The molecule has 1 aliphatic heterocycles. The summed E-state index contributed by atoms with van der Waals surface area (Å²) in [5.74, 6) is 0. The van der Waals surface area contributed by atoms with Crippen molar-refractivity contribution < 1.29 is 4.74 Å². The van der Waals surface area contributed by atoms with Crippen LogP contribution < -0.4 is 0 Å². The minimum absolute atomic E-state index is 0.308. The molecule has 0 radical (unpaired) electrons. The van der Waals surface area contributed by atoms with Crippen LogP contribution in [0.5, 0.6) is 0 Å². The monoisotopic (exact) mass is 165 g/mol. The highest BCUT2D eigenvalue weighted by atomic mass is 16.5. The molecule has 0 aromatic carbocycles. The predicted molar refractivity (Wildman–Crippen MR) is 42.0 cm³/mol. The van der Waals surface area contributed by atoms with Crippen molar-refractivity contribution in [3.8, 4) is 12.1 Å². The Kier molecular flexibility index (Phi) is 3.53. The van der Waals surface area contributed by atoms with E-state index in [0.29, 0.717) is 19.6 Å². The Morgan fingerprint density at radius 2 is 2.33 bits per heavy atom. The van der Waals surface area contributed by atoms with Crippen molar-refractivity contribution in [3.63, 3.8) is 0 Å². The van der Waals surface area contributed by atoms with Gasteiger partial charge in [0.15, 0.2) is 6.10 Å². The number of hydrogen-bond acceptors (Lipinski definition) is 4. The van der Waals surface area contributed by atoms with E-state index in [1.807, 2.05) is 0 Å². The lowest BCUT2D eigenvalue weighted by molar-refractivity contribution is 0.00143. The van der Waals surface area contributed by atoms with Crippen LogP contribution in [-0.4, -0.2) is 37.2 Å². The quantitative estimate of drug-likeness (QED) is 0.583. The van der Waals surface area contributed by atoms with Gasteiger partial charge in [0.25, 0.3) is 0 Å². The predicted octanol–water partition coefficient (Wildman–Crippen LogP) is 0.124. The van der Waals surface area contributed by atoms with E-state index in [1.165, 1.54) is 0 Å². The zero-order chi connectivity index (χ0) is 8.81. The molecule has 0 bridgehead atoms. The van der Waals surface area contributed by atoms with E-state index >= 15 is 0 Å². The molecule has 0 spiro atoms. The topological polar surface area (TPSA) is 60.1 Å². The first-order valence-corrected chi connectivity index (χ1v) is 3.97. The molecule has 1 rings (SSSR count). The molecule has 0 saturated carbocycles. The molecule has 0 aromatic heterocycles. The fraction of sp³-hybridized carbons (Fsp3) is 0.750. The van der Waals surface area contributed by atoms with Crippen LogP contribution in [0.25, 0.3) is 0 Å². The van der Waals surface area contributed by atoms with Crippen molar-refractivity contribution in [3.05, 3.63) is 0 Å². The van der Waals surface area contributed by atoms with Crippen molar-refractivity contribution in [2.75, 3.05) is 26.2 Å². The average Bonchev–Trinajstić information content (AvgIpc) is 2.15. The summed E-state index contributed by atoms with van der Waals surface area (Å²) in [5.41, 5.74) is 0. The Balaban J connectivity index is 2.28. The molecular weight excluding hydrogens is 154 g/mol. The first-order chi connectivity index (χ1) is 5.86. The van der Waals surface area contributed by atoms with Crippen LogP contribution in [0.1, 0.15) is 6.42 Å². The summed E-state index contributed by atoms with van der Waals surface area (Å²) in [7, 11) is 0. The molecule has 0 aromatic rings. The molecule has 1 aliphatic rings. The SMILES string of the molecule is N#CCCN1CCOC(C#N)C1. The van der Waals surface area contributed by atoms with E-state index in [2.05, 4.69) is 17.0 Å². The Hall–Kier alpha value is -1.10. The molecular formula is C8H11N3O. The third-order valence-corrected chi connectivity index (χ3v) is 1.83. The molecule has 0 N–H and O–H groups in total. The van der Waals surface area contributed by atoms with Crippen LogP contribution in [0.3, 0.4) is 0 Å². The van der Waals surface area contributed by atoms with Gasteiger partial charge in [-0.05, 0) is 0 Å². The Morgan fingerprint density at radius 1 is 1.50 bits per heavy atom. The van der Waals surface area contributed by atoms with E-state index in [-0.39, 0.29) is 6.10 Å². The maximum absolute atomic E-state index is 8.57. The van der Waals surface area contributed by atoms with Crippen molar-refractivity contribution in [2.24, 2.45) is 0 Å². The van der Waals surface area contributed by atoms with Crippen molar-refractivity contribution in [1.82, 2.24) is 4.90 Å². The molecule has 1 unspecified atom stereocenters. The Labute approximate surface area is 71.9 Å². The lowest BCUT2D eigenvalue weighted by atomic mass is 10.3. The van der Waals surface area contributed by atoms with Gasteiger partial charge < -0.3 is 4.74 Å².